The minimum Gasteiger partial charge on any atom is -0.872 e. The van der Waals surface area contributed by atoms with Crippen LogP contribution in [0.25, 0.3) is 0 Å². The first-order valence-electron chi connectivity index (χ1n) is 18.6. The molecule has 18 nitrogen and oxygen atoms in total. The molecule has 314 valence electrons. The van der Waals surface area contributed by atoms with Crippen LogP contribution >= 0.6 is 0 Å². The van der Waals surface area contributed by atoms with Gasteiger partial charge in [0, 0.05) is 34.1 Å². The number of carboxylic acids is 2. The smallest absolute Gasteiger partial charge is 0.872 e. The molecule has 10 N–H and O–H groups in total. The van der Waals surface area contributed by atoms with Crippen LogP contribution in [-0.4, -0.2) is 174 Å². The molecule has 0 spiro atoms. The number of hydrogen-bond acceptors (Lipinski definition) is 16. The topological polar surface area (TPSA) is 335 Å². The summed E-state index contributed by atoms with van der Waals surface area (Å²) < 4.78 is 11.7. The zero-order valence-electron chi connectivity index (χ0n) is 31.6. The van der Waals surface area contributed by atoms with Gasteiger partial charge in [-0.15, -0.1) is 0 Å². The molecule has 4 aliphatic rings. The van der Waals surface area contributed by atoms with Crippen molar-refractivity contribution in [1.82, 2.24) is 0 Å². The summed E-state index contributed by atoms with van der Waals surface area (Å²) in [7, 11) is 0. The number of aromatic carboxylic acids is 2. The number of carbonyl (C=O) groups is 4. The van der Waals surface area contributed by atoms with Crippen LogP contribution in [-0.2, 0) is 9.47 Å². The Kier molecular flexibility index (Phi) is 12.2. The van der Waals surface area contributed by atoms with Crippen LogP contribution in [0.1, 0.15) is 110 Å². The second-order valence-electron chi connectivity index (χ2n) is 15.2. The Hall–Kier alpha value is -4.38. The van der Waals surface area contributed by atoms with E-state index in [0.717, 1.165) is 12.1 Å². The summed E-state index contributed by atoms with van der Waals surface area (Å²) in [5.74, 6) is -10.2. The maximum atomic E-state index is 14.7. The van der Waals surface area contributed by atoms with Crippen LogP contribution in [0.5, 0.6) is 11.5 Å². The van der Waals surface area contributed by atoms with Crippen molar-refractivity contribution < 1.29 is 89.9 Å². The van der Waals surface area contributed by atoms with Gasteiger partial charge >= 0.3 is 49.7 Å². The van der Waals surface area contributed by atoms with E-state index in [4.69, 9.17) is 9.47 Å². The minimum atomic E-state index is -1.92. The summed E-state index contributed by atoms with van der Waals surface area (Å²) >= 11 is 0. The second kappa shape index (κ2) is 16.7. The molecular weight excluding hydrogens is 833 g/mol. The van der Waals surface area contributed by atoms with E-state index in [2.05, 4.69) is 0 Å². The summed E-state index contributed by atoms with van der Waals surface area (Å²) in [5, 5.41) is 133. The van der Waals surface area contributed by atoms with Gasteiger partial charge in [-0.3, -0.25) is 9.59 Å². The number of fused-ring (bicyclic) bond motifs is 4. The largest absolute Gasteiger partial charge is 2.00 e. The predicted molar refractivity (Wildman–Crippen MR) is 200 cm³/mol. The molecule has 2 heterocycles. The first kappa shape index (κ1) is 44.7. The van der Waals surface area contributed by atoms with E-state index in [-0.39, 0.29) is 82.2 Å². The van der Waals surface area contributed by atoms with Crippen LogP contribution in [0.4, 0.5) is 0 Å². The van der Waals surface area contributed by atoms with Crippen LogP contribution < -0.4 is 10.2 Å². The number of ether oxygens (including phenoxy) is 2. The molecule has 12 atom stereocenters. The standard InChI is InChI=1S/C42H38O18.Ca/c43-11-23-31(47)35(51)37(53)39(59-23)17-5-1-3-15-25(19-7-13(41(55)56)9-21(45)29(19)33(49)27(15)17)26-16-4-2-6-18(40-38(54)36(52)32(48)24(12-44)60-40)28(16)34(50)30-20(26)8-14(42(57)58)10-22(30)46;/h1-10,23-26,31-32,35-40,43-48,51-54H,11-12H2,(H,55,56)(H,57,58);/q;+2/p-2/t23-,24-,25-,26-,31-,32-,35+,36+,37-,38-,39+,40+;/m1./s1. The molecule has 8 rings (SSSR count). The van der Waals surface area contributed by atoms with E-state index in [1.54, 1.807) is 0 Å². The van der Waals surface area contributed by atoms with Gasteiger partial charge in [0.05, 0.1) is 24.3 Å². The number of carboxylic acid groups (broad SMARTS) is 2. The Bertz CT molecular complexity index is 2300. The molecule has 19 heteroatoms. The zero-order valence-corrected chi connectivity index (χ0v) is 33.8. The first-order chi connectivity index (χ1) is 28.5. The van der Waals surface area contributed by atoms with E-state index in [1.807, 2.05) is 0 Å². The molecule has 0 unspecified atom stereocenters. The Morgan fingerprint density at radius 2 is 0.852 bits per heavy atom. The van der Waals surface area contributed by atoms with Crippen molar-refractivity contribution in [2.75, 3.05) is 13.2 Å². The maximum absolute atomic E-state index is 14.7. The molecule has 0 aromatic heterocycles. The van der Waals surface area contributed by atoms with E-state index < -0.39 is 143 Å². The van der Waals surface area contributed by atoms with Crippen molar-refractivity contribution in [3.63, 3.8) is 0 Å². The molecule has 0 bridgehead atoms. The number of carbonyl (C=O) groups excluding carboxylic acids is 2. The Labute approximate surface area is 374 Å². The molecule has 2 fully saturated rings. The minimum absolute atomic E-state index is 0. The van der Waals surface area contributed by atoms with Gasteiger partial charge in [0.1, 0.15) is 61.0 Å². The van der Waals surface area contributed by atoms with Gasteiger partial charge in [-0.25, -0.2) is 9.59 Å². The SMILES string of the molecule is O=C(O)c1cc([O-])c2c(c1)[C@H]([C@H]1c3cc(C(=O)O)cc([O-])c3C(=O)c3c1cccc3[C@@H]1O[C@H](CO)[C@@H](O)[C@H](O)[C@H]1O)c1cccc([C@@H]3O[C@H](CO)[C@@H](O)[C@H](O)[C@H]3O)c1C2=O.[Ca+2]. The van der Waals surface area contributed by atoms with Gasteiger partial charge in [0.2, 0.25) is 0 Å². The first-order valence-corrected chi connectivity index (χ1v) is 18.6. The van der Waals surface area contributed by atoms with E-state index in [1.165, 1.54) is 36.4 Å². The summed E-state index contributed by atoms with van der Waals surface area (Å²) in [4.78, 5) is 54.3. The van der Waals surface area contributed by atoms with Crippen LogP contribution in [0.2, 0.25) is 0 Å². The summed E-state index contributed by atoms with van der Waals surface area (Å²) in [6.45, 7) is -1.66. The predicted octanol–water partition coefficient (Wildman–Crippen LogP) is -2.07. The van der Waals surface area contributed by atoms with Crippen molar-refractivity contribution in [3.8, 4) is 11.5 Å². The molecule has 0 radical (unpaired) electrons. The monoisotopic (exact) mass is 868 g/mol. The fourth-order valence-corrected chi connectivity index (χ4v) is 9.21. The third-order valence-corrected chi connectivity index (χ3v) is 12.0. The number of aliphatic hydroxyl groups excluding tert-OH is 8. The summed E-state index contributed by atoms with van der Waals surface area (Å²) in [5.41, 5.74) is -3.60. The Morgan fingerprint density at radius 3 is 1.18 bits per heavy atom. The molecule has 0 saturated carbocycles. The molecule has 4 aromatic carbocycles. The average Bonchev–Trinajstić information content (AvgIpc) is 3.22. The molecule has 2 aliphatic heterocycles. The van der Waals surface area contributed by atoms with E-state index in [9.17, 15) is 80.5 Å². The average molecular weight is 869 g/mol. The maximum Gasteiger partial charge on any atom is 2.00 e. The quantitative estimate of drug-likeness (QED) is 0.0892. The van der Waals surface area contributed by atoms with Gasteiger partial charge in [0.25, 0.3) is 0 Å². The van der Waals surface area contributed by atoms with E-state index in [0.29, 0.717) is 12.1 Å². The zero-order chi connectivity index (χ0) is 43.2. The van der Waals surface area contributed by atoms with Crippen LogP contribution in [0.15, 0.2) is 60.7 Å². The van der Waals surface area contributed by atoms with Crippen molar-refractivity contribution in [2.24, 2.45) is 0 Å². The van der Waals surface area contributed by atoms with Gasteiger partial charge in [-0.1, -0.05) is 60.0 Å². The molecule has 0 amide bonds. The Morgan fingerprint density at radius 1 is 0.508 bits per heavy atom. The third kappa shape index (κ3) is 6.96. The summed E-state index contributed by atoms with van der Waals surface area (Å²) in [6, 6.07) is 11.8. The molecule has 61 heavy (non-hydrogen) atoms. The number of aliphatic hydroxyl groups is 8. The number of benzene rings is 4. The number of rotatable bonds is 7. The van der Waals surface area contributed by atoms with Gasteiger partial charge in [-0.2, -0.15) is 0 Å². The molecule has 2 saturated heterocycles. The van der Waals surface area contributed by atoms with Crippen molar-refractivity contribution >= 4 is 61.2 Å². The summed E-state index contributed by atoms with van der Waals surface area (Å²) in [6.07, 6.45) is -17.4. The fraction of sp³-hybridized carbons (Fsp3) is 0.333. The van der Waals surface area contributed by atoms with Gasteiger partial charge < -0.3 is 70.8 Å². The van der Waals surface area contributed by atoms with Crippen LogP contribution in [0.3, 0.4) is 0 Å². The molecule has 4 aromatic rings. The normalized spacial score (nSPS) is 30.3. The Balaban J connectivity index is 0.00000561. The van der Waals surface area contributed by atoms with Crippen LogP contribution in [0, 0.1) is 0 Å². The van der Waals surface area contributed by atoms with E-state index >= 15 is 0 Å². The second-order valence-corrected chi connectivity index (χ2v) is 15.2. The molecular formula is C42H36CaO18. The number of hydrogen-bond donors (Lipinski definition) is 10. The van der Waals surface area contributed by atoms with Crippen molar-refractivity contribution in [2.45, 2.75) is 72.9 Å². The molecule has 2 aliphatic carbocycles. The van der Waals surface area contributed by atoms with Gasteiger partial charge in [-0.05, 0) is 45.5 Å². The van der Waals surface area contributed by atoms with Gasteiger partial charge in [0.15, 0.2) is 11.6 Å². The fourth-order valence-electron chi connectivity index (χ4n) is 9.21. The van der Waals surface area contributed by atoms with Crippen molar-refractivity contribution in [1.29, 1.82) is 0 Å². The van der Waals surface area contributed by atoms with Crippen molar-refractivity contribution in [3.05, 3.63) is 127 Å². The third-order valence-electron chi connectivity index (χ3n) is 12.0. The number of ketones is 2.